The molecule has 0 aliphatic carbocycles. The lowest BCUT2D eigenvalue weighted by atomic mass is 10.2. The van der Waals surface area contributed by atoms with E-state index in [0.717, 1.165) is 11.4 Å². The van der Waals surface area contributed by atoms with Gasteiger partial charge in [0.05, 0.1) is 6.54 Å². The Balaban J connectivity index is 2.93. The van der Waals surface area contributed by atoms with E-state index in [-0.39, 0.29) is 0 Å². The fourth-order valence-corrected chi connectivity index (χ4v) is 1.15. The molecule has 1 aromatic rings. The third-order valence-electron chi connectivity index (χ3n) is 1.78. The second-order valence-electron chi connectivity index (χ2n) is 2.75. The highest BCUT2D eigenvalue weighted by Crippen LogP contribution is 2.13. The molecule has 0 aliphatic rings. The summed E-state index contributed by atoms with van der Waals surface area (Å²) >= 11 is 0. The SMILES string of the molecule is C#CCN(C)c1ncccc1CN. The number of hydrogen-bond acceptors (Lipinski definition) is 3. The second-order valence-corrected chi connectivity index (χ2v) is 2.75. The first-order valence-electron chi connectivity index (χ1n) is 4.08. The zero-order chi connectivity index (χ0) is 9.68. The van der Waals surface area contributed by atoms with Crippen molar-refractivity contribution in [2.24, 2.45) is 5.73 Å². The number of nitrogens with two attached hydrogens (primary N) is 1. The van der Waals surface area contributed by atoms with Crippen molar-refractivity contribution < 1.29 is 0 Å². The van der Waals surface area contributed by atoms with Crippen LogP contribution in [0.4, 0.5) is 5.82 Å². The Hall–Kier alpha value is -1.53. The third kappa shape index (κ3) is 2.20. The minimum Gasteiger partial charge on any atom is -0.348 e. The van der Waals surface area contributed by atoms with Gasteiger partial charge in [0.25, 0.3) is 0 Å². The average molecular weight is 175 g/mol. The number of terminal acetylenes is 1. The molecule has 68 valence electrons. The van der Waals surface area contributed by atoms with Gasteiger partial charge >= 0.3 is 0 Å². The summed E-state index contributed by atoms with van der Waals surface area (Å²) in [5.74, 6) is 3.43. The number of anilines is 1. The highest BCUT2D eigenvalue weighted by atomic mass is 15.2. The molecule has 0 saturated heterocycles. The fourth-order valence-electron chi connectivity index (χ4n) is 1.15. The molecule has 3 nitrogen and oxygen atoms in total. The molecule has 1 aromatic heterocycles. The van der Waals surface area contributed by atoms with Gasteiger partial charge < -0.3 is 10.6 Å². The normalized spacial score (nSPS) is 9.31. The van der Waals surface area contributed by atoms with Gasteiger partial charge in [-0.05, 0) is 6.07 Å². The maximum absolute atomic E-state index is 5.57. The van der Waals surface area contributed by atoms with E-state index in [1.165, 1.54) is 0 Å². The molecule has 0 radical (unpaired) electrons. The Labute approximate surface area is 78.6 Å². The molecule has 0 aromatic carbocycles. The minimum atomic E-state index is 0.484. The number of rotatable bonds is 3. The van der Waals surface area contributed by atoms with Crippen LogP contribution in [0.2, 0.25) is 0 Å². The molecular formula is C10H13N3. The highest BCUT2D eigenvalue weighted by Gasteiger charge is 2.04. The number of aromatic nitrogens is 1. The number of pyridine rings is 1. The summed E-state index contributed by atoms with van der Waals surface area (Å²) in [6.45, 7) is 1.03. The van der Waals surface area contributed by atoms with Gasteiger partial charge in [0.2, 0.25) is 0 Å². The molecular weight excluding hydrogens is 162 g/mol. The van der Waals surface area contributed by atoms with Gasteiger partial charge in [0.15, 0.2) is 0 Å². The lowest BCUT2D eigenvalue weighted by Gasteiger charge is -2.17. The van der Waals surface area contributed by atoms with Crippen molar-refractivity contribution in [3.8, 4) is 12.3 Å². The molecule has 0 unspecified atom stereocenters. The van der Waals surface area contributed by atoms with E-state index < -0.39 is 0 Å². The second kappa shape index (κ2) is 4.48. The smallest absolute Gasteiger partial charge is 0.133 e. The van der Waals surface area contributed by atoms with E-state index in [2.05, 4.69) is 10.9 Å². The van der Waals surface area contributed by atoms with Gasteiger partial charge in [-0.25, -0.2) is 4.98 Å². The van der Waals surface area contributed by atoms with Crippen LogP contribution in [0.1, 0.15) is 5.56 Å². The van der Waals surface area contributed by atoms with Crippen LogP contribution < -0.4 is 10.6 Å². The van der Waals surface area contributed by atoms with Gasteiger partial charge in [-0.3, -0.25) is 0 Å². The monoisotopic (exact) mass is 175 g/mol. The summed E-state index contributed by atoms with van der Waals surface area (Å²) in [6.07, 6.45) is 6.95. The van der Waals surface area contributed by atoms with Crippen molar-refractivity contribution in [1.29, 1.82) is 0 Å². The Morgan fingerprint density at radius 2 is 2.46 bits per heavy atom. The van der Waals surface area contributed by atoms with Gasteiger partial charge in [-0.15, -0.1) is 6.42 Å². The first-order chi connectivity index (χ1) is 6.29. The Morgan fingerprint density at radius 3 is 3.08 bits per heavy atom. The zero-order valence-electron chi connectivity index (χ0n) is 7.70. The summed E-state index contributed by atoms with van der Waals surface area (Å²) < 4.78 is 0. The predicted octanol–water partition coefficient (Wildman–Crippen LogP) is 0.610. The zero-order valence-corrected chi connectivity index (χ0v) is 7.70. The summed E-state index contributed by atoms with van der Waals surface area (Å²) in [7, 11) is 1.90. The Kier molecular flexibility index (Phi) is 3.30. The summed E-state index contributed by atoms with van der Waals surface area (Å²) in [5.41, 5.74) is 6.58. The maximum atomic E-state index is 5.57. The van der Waals surface area contributed by atoms with Gasteiger partial charge in [-0.2, -0.15) is 0 Å². The van der Waals surface area contributed by atoms with Crippen molar-refractivity contribution in [2.75, 3.05) is 18.5 Å². The molecule has 2 N–H and O–H groups in total. The van der Waals surface area contributed by atoms with Crippen molar-refractivity contribution in [3.63, 3.8) is 0 Å². The lowest BCUT2D eigenvalue weighted by Crippen LogP contribution is -2.20. The van der Waals surface area contributed by atoms with Crippen molar-refractivity contribution in [3.05, 3.63) is 23.9 Å². The molecule has 0 saturated carbocycles. The average Bonchev–Trinajstić information content (AvgIpc) is 2.18. The van der Waals surface area contributed by atoms with E-state index in [4.69, 9.17) is 12.2 Å². The molecule has 0 amide bonds. The first-order valence-corrected chi connectivity index (χ1v) is 4.08. The van der Waals surface area contributed by atoms with Gasteiger partial charge in [-0.1, -0.05) is 12.0 Å². The molecule has 1 heterocycles. The third-order valence-corrected chi connectivity index (χ3v) is 1.78. The molecule has 3 heteroatoms. The van der Waals surface area contributed by atoms with Crippen molar-refractivity contribution in [2.45, 2.75) is 6.54 Å². The topological polar surface area (TPSA) is 42.2 Å². The standard InChI is InChI=1S/C10H13N3/c1-3-7-13(2)10-9(8-11)5-4-6-12-10/h1,4-6H,7-8,11H2,2H3. The maximum Gasteiger partial charge on any atom is 0.133 e. The van der Waals surface area contributed by atoms with Crippen LogP contribution in [-0.4, -0.2) is 18.6 Å². The van der Waals surface area contributed by atoms with E-state index in [0.29, 0.717) is 13.1 Å². The molecule has 0 aliphatic heterocycles. The van der Waals surface area contributed by atoms with E-state index >= 15 is 0 Å². The van der Waals surface area contributed by atoms with Crippen LogP contribution in [0, 0.1) is 12.3 Å². The van der Waals surface area contributed by atoms with Crippen LogP contribution in [0.5, 0.6) is 0 Å². The van der Waals surface area contributed by atoms with Crippen LogP contribution in [-0.2, 0) is 6.54 Å². The lowest BCUT2D eigenvalue weighted by molar-refractivity contribution is 0.954. The van der Waals surface area contributed by atoms with Crippen LogP contribution in [0.25, 0.3) is 0 Å². The van der Waals surface area contributed by atoms with Gasteiger partial charge in [0.1, 0.15) is 5.82 Å². The van der Waals surface area contributed by atoms with Crippen LogP contribution in [0.15, 0.2) is 18.3 Å². The van der Waals surface area contributed by atoms with Crippen molar-refractivity contribution >= 4 is 5.82 Å². The molecule has 0 atom stereocenters. The largest absolute Gasteiger partial charge is 0.348 e. The predicted molar refractivity (Wildman–Crippen MR) is 54.2 cm³/mol. The quantitative estimate of drug-likeness (QED) is 0.684. The van der Waals surface area contributed by atoms with Crippen LogP contribution in [0.3, 0.4) is 0 Å². The van der Waals surface area contributed by atoms with E-state index in [9.17, 15) is 0 Å². The van der Waals surface area contributed by atoms with E-state index in [1.54, 1.807) is 6.20 Å². The molecule has 0 fully saturated rings. The fraction of sp³-hybridized carbons (Fsp3) is 0.300. The molecule has 1 rings (SSSR count). The Bertz CT molecular complexity index is 314. The number of hydrogen-bond donors (Lipinski definition) is 1. The summed E-state index contributed by atoms with van der Waals surface area (Å²) in [4.78, 5) is 6.12. The first kappa shape index (κ1) is 9.56. The molecule has 0 spiro atoms. The Morgan fingerprint density at radius 1 is 1.69 bits per heavy atom. The molecule has 13 heavy (non-hydrogen) atoms. The van der Waals surface area contributed by atoms with Crippen molar-refractivity contribution in [1.82, 2.24) is 4.98 Å². The minimum absolute atomic E-state index is 0.484. The highest BCUT2D eigenvalue weighted by molar-refractivity contribution is 5.46. The number of nitrogens with zero attached hydrogens (tertiary/aromatic N) is 2. The molecule has 0 bridgehead atoms. The van der Waals surface area contributed by atoms with Gasteiger partial charge in [0, 0.05) is 25.4 Å². The summed E-state index contributed by atoms with van der Waals surface area (Å²) in [5, 5.41) is 0. The van der Waals surface area contributed by atoms with Crippen LogP contribution >= 0.6 is 0 Å². The summed E-state index contributed by atoms with van der Waals surface area (Å²) in [6, 6.07) is 3.82. The van der Waals surface area contributed by atoms with E-state index in [1.807, 2.05) is 24.1 Å².